The summed E-state index contributed by atoms with van der Waals surface area (Å²) in [7, 11) is 0. The molecular weight excluding hydrogens is 398 g/mol. The van der Waals surface area contributed by atoms with Gasteiger partial charge >= 0.3 is 0 Å². The summed E-state index contributed by atoms with van der Waals surface area (Å²) >= 11 is 0. The second-order valence-corrected chi connectivity index (χ2v) is 8.85. The van der Waals surface area contributed by atoms with Crippen molar-refractivity contribution < 1.29 is 9.90 Å². The van der Waals surface area contributed by atoms with Crippen molar-refractivity contribution in [2.45, 2.75) is 58.3 Å². The number of phenols is 1. The van der Waals surface area contributed by atoms with Gasteiger partial charge in [0.15, 0.2) is 5.82 Å². The number of aryl methyl sites for hydroxylation is 2. The Hall–Kier alpha value is -3.21. The van der Waals surface area contributed by atoms with Crippen LogP contribution in [0.5, 0.6) is 5.75 Å². The first-order valence-corrected chi connectivity index (χ1v) is 11.6. The summed E-state index contributed by atoms with van der Waals surface area (Å²) in [5.74, 6) is 1.41. The average Bonchev–Trinajstić information content (AvgIpc) is 2.81. The summed E-state index contributed by atoms with van der Waals surface area (Å²) in [5.41, 5.74) is 4.63. The van der Waals surface area contributed by atoms with E-state index in [1.807, 2.05) is 43.3 Å². The molecule has 166 valence electrons. The van der Waals surface area contributed by atoms with Crippen molar-refractivity contribution in [1.82, 2.24) is 9.97 Å². The van der Waals surface area contributed by atoms with Gasteiger partial charge in [0.25, 0.3) is 0 Å². The number of amides is 1. The largest absolute Gasteiger partial charge is 0.508 e. The molecule has 0 spiro atoms. The number of benzene rings is 2. The molecule has 0 saturated heterocycles. The Morgan fingerprint density at radius 2 is 1.75 bits per heavy atom. The zero-order valence-corrected chi connectivity index (χ0v) is 18.7. The van der Waals surface area contributed by atoms with Crippen molar-refractivity contribution in [3.05, 3.63) is 71.5 Å². The van der Waals surface area contributed by atoms with Crippen molar-refractivity contribution >= 4 is 11.7 Å². The zero-order valence-electron chi connectivity index (χ0n) is 18.7. The lowest BCUT2D eigenvalue weighted by molar-refractivity contribution is -0.115. The lowest BCUT2D eigenvalue weighted by atomic mass is 9.86. The standard InChI is InChI=1S/C27H31N3O2/c1-19-7-9-21(10-8-19)17-26(32)30-27-24(16-11-20-5-3-2-4-6-20)29-25(18-28-27)22-12-14-23(31)15-13-22/h7-10,12-15,18,20,31H,2-6,11,16-17H2,1H3,(H,28,30,32). The molecule has 4 rings (SSSR count). The maximum Gasteiger partial charge on any atom is 0.229 e. The average molecular weight is 430 g/mol. The van der Waals surface area contributed by atoms with Crippen LogP contribution in [0, 0.1) is 12.8 Å². The molecule has 3 aromatic rings. The van der Waals surface area contributed by atoms with Crippen molar-refractivity contribution in [2.24, 2.45) is 5.92 Å². The summed E-state index contributed by atoms with van der Waals surface area (Å²) < 4.78 is 0. The van der Waals surface area contributed by atoms with Crippen molar-refractivity contribution in [1.29, 1.82) is 0 Å². The van der Waals surface area contributed by atoms with Crippen LogP contribution in [0.1, 0.15) is 55.3 Å². The first-order chi connectivity index (χ1) is 15.6. The SMILES string of the molecule is Cc1ccc(CC(=O)Nc2ncc(-c3ccc(O)cc3)nc2CCC2CCCCC2)cc1. The Balaban J connectivity index is 1.52. The lowest BCUT2D eigenvalue weighted by Crippen LogP contribution is -2.18. The number of aromatic nitrogens is 2. The van der Waals surface area contributed by atoms with Gasteiger partial charge in [0, 0.05) is 5.56 Å². The van der Waals surface area contributed by atoms with Crippen molar-refractivity contribution in [2.75, 3.05) is 5.32 Å². The molecule has 0 unspecified atom stereocenters. The Labute approximate surface area is 189 Å². The minimum Gasteiger partial charge on any atom is -0.508 e. The van der Waals surface area contributed by atoms with Gasteiger partial charge in [-0.15, -0.1) is 0 Å². The number of phenolic OH excluding ortho intramolecular Hbond substituents is 1. The fraction of sp³-hybridized carbons (Fsp3) is 0.370. The minimum absolute atomic E-state index is 0.0838. The van der Waals surface area contributed by atoms with E-state index in [1.165, 1.54) is 37.7 Å². The van der Waals surface area contributed by atoms with Gasteiger partial charge in [-0.2, -0.15) is 0 Å². The van der Waals surface area contributed by atoms with E-state index >= 15 is 0 Å². The van der Waals surface area contributed by atoms with Gasteiger partial charge in [0.2, 0.25) is 5.91 Å². The van der Waals surface area contributed by atoms with Crippen LogP contribution in [-0.4, -0.2) is 21.0 Å². The molecule has 1 heterocycles. The summed E-state index contributed by atoms with van der Waals surface area (Å²) in [6.45, 7) is 2.04. The molecule has 0 bridgehead atoms. The number of carbonyl (C=O) groups excluding carboxylic acids is 1. The second-order valence-electron chi connectivity index (χ2n) is 8.85. The molecular formula is C27H31N3O2. The zero-order chi connectivity index (χ0) is 22.3. The van der Waals surface area contributed by atoms with Crippen molar-refractivity contribution in [3.63, 3.8) is 0 Å². The highest BCUT2D eigenvalue weighted by Crippen LogP contribution is 2.29. The van der Waals surface area contributed by atoms with E-state index in [4.69, 9.17) is 4.98 Å². The number of carbonyl (C=O) groups is 1. The number of anilines is 1. The maximum absolute atomic E-state index is 12.7. The highest BCUT2D eigenvalue weighted by atomic mass is 16.3. The van der Waals surface area contributed by atoms with Crippen LogP contribution in [0.2, 0.25) is 0 Å². The Kier molecular flexibility index (Phi) is 7.15. The van der Waals surface area contributed by atoms with E-state index in [1.54, 1.807) is 18.3 Å². The number of aromatic hydroxyl groups is 1. The smallest absolute Gasteiger partial charge is 0.229 e. The summed E-state index contributed by atoms with van der Waals surface area (Å²) in [6, 6.07) is 15.0. The predicted molar refractivity (Wildman–Crippen MR) is 128 cm³/mol. The second kappa shape index (κ2) is 10.4. The van der Waals surface area contributed by atoms with Gasteiger partial charge in [-0.05, 0) is 55.5 Å². The van der Waals surface area contributed by atoms with Crippen LogP contribution < -0.4 is 5.32 Å². The monoisotopic (exact) mass is 429 g/mol. The normalized spacial score (nSPS) is 14.3. The first kappa shape index (κ1) is 22.0. The van der Waals surface area contributed by atoms with Gasteiger partial charge in [-0.1, -0.05) is 61.9 Å². The van der Waals surface area contributed by atoms with Gasteiger partial charge in [0.1, 0.15) is 5.75 Å². The molecule has 0 radical (unpaired) electrons. The van der Waals surface area contributed by atoms with Crippen LogP contribution in [0.4, 0.5) is 5.82 Å². The molecule has 1 fully saturated rings. The van der Waals surface area contributed by atoms with E-state index < -0.39 is 0 Å². The van der Waals surface area contributed by atoms with E-state index in [9.17, 15) is 9.90 Å². The summed E-state index contributed by atoms with van der Waals surface area (Å²) in [5, 5.41) is 12.6. The molecule has 2 N–H and O–H groups in total. The topological polar surface area (TPSA) is 75.1 Å². The number of nitrogens with zero attached hydrogens (tertiary/aromatic N) is 2. The number of rotatable bonds is 7. The highest BCUT2D eigenvalue weighted by Gasteiger charge is 2.17. The minimum atomic E-state index is -0.0838. The van der Waals surface area contributed by atoms with Crippen molar-refractivity contribution in [3.8, 4) is 17.0 Å². The quantitative estimate of drug-likeness (QED) is 0.494. The first-order valence-electron chi connectivity index (χ1n) is 11.6. The number of hydrogen-bond acceptors (Lipinski definition) is 4. The Morgan fingerprint density at radius 1 is 1.03 bits per heavy atom. The molecule has 32 heavy (non-hydrogen) atoms. The van der Waals surface area contributed by atoms with Gasteiger partial charge in [-0.3, -0.25) is 4.79 Å². The van der Waals surface area contributed by atoms with Gasteiger partial charge in [-0.25, -0.2) is 9.97 Å². The van der Waals surface area contributed by atoms with Crippen LogP contribution in [-0.2, 0) is 17.6 Å². The molecule has 1 amide bonds. The van der Waals surface area contributed by atoms with Crippen LogP contribution in [0.15, 0.2) is 54.7 Å². The molecule has 0 atom stereocenters. The van der Waals surface area contributed by atoms with E-state index in [0.717, 1.165) is 41.3 Å². The fourth-order valence-electron chi connectivity index (χ4n) is 4.36. The molecule has 0 aliphatic heterocycles. The fourth-order valence-corrected chi connectivity index (χ4v) is 4.36. The maximum atomic E-state index is 12.7. The third-order valence-corrected chi connectivity index (χ3v) is 6.27. The number of hydrogen-bond donors (Lipinski definition) is 2. The highest BCUT2D eigenvalue weighted by molar-refractivity contribution is 5.92. The summed E-state index contributed by atoms with van der Waals surface area (Å²) in [4.78, 5) is 22.2. The molecule has 2 aromatic carbocycles. The molecule has 1 saturated carbocycles. The van der Waals surface area contributed by atoms with Crippen LogP contribution in [0.3, 0.4) is 0 Å². The molecule has 1 aromatic heterocycles. The molecule has 1 aliphatic carbocycles. The summed E-state index contributed by atoms with van der Waals surface area (Å²) in [6.07, 6.45) is 10.4. The molecule has 5 nitrogen and oxygen atoms in total. The lowest BCUT2D eigenvalue weighted by Gasteiger charge is -2.21. The van der Waals surface area contributed by atoms with Gasteiger partial charge in [0.05, 0.1) is 24.0 Å². The molecule has 1 aliphatic rings. The Morgan fingerprint density at radius 3 is 2.47 bits per heavy atom. The van der Waals surface area contributed by atoms with E-state index in [0.29, 0.717) is 12.2 Å². The Bertz CT molecular complexity index is 1040. The van der Waals surface area contributed by atoms with Crippen LogP contribution in [0.25, 0.3) is 11.3 Å². The molecule has 5 heteroatoms. The predicted octanol–water partition coefficient (Wildman–Crippen LogP) is 5.85. The third-order valence-electron chi connectivity index (χ3n) is 6.27. The van der Waals surface area contributed by atoms with Gasteiger partial charge < -0.3 is 10.4 Å². The van der Waals surface area contributed by atoms with E-state index in [-0.39, 0.29) is 11.7 Å². The van der Waals surface area contributed by atoms with E-state index in [2.05, 4.69) is 10.3 Å². The van der Waals surface area contributed by atoms with Crippen LogP contribution >= 0.6 is 0 Å². The number of nitrogens with one attached hydrogen (secondary N) is 1. The third kappa shape index (κ3) is 5.94.